The number of para-hydroxylation sites is 2. The first kappa shape index (κ1) is 15.4. The van der Waals surface area contributed by atoms with Crippen molar-refractivity contribution in [3.8, 4) is 0 Å². The lowest BCUT2D eigenvalue weighted by Crippen LogP contribution is -2.36. The predicted molar refractivity (Wildman–Crippen MR) is 97.9 cm³/mol. The molecule has 4 rings (SSSR count). The Morgan fingerprint density at radius 2 is 1.92 bits per heavy atom. The first-order valence-electron chi connectivity index (χ1n) is 8.15. The molecule has 3 aromatic rings. The molecule has 1 fully saturated rings. The summed E-state index contributed by atoms with van der Waals surface area (Å²) in [6.07, 6.45) is 2.55. The van der Waals surface area contributed by atoms with Crippen LogP contribution < -0.4 is 5.32 Å². The number of carbonyl (C=O) groups excluding carboxylic acids is 1. The van der Waals surface area contributed by atoms with E-state index in [2.05, 4.69) is 31.2 Å². The number of aromatic nitrogens is 2. The number of carbonyl (C=O) groups is 1. The van der Waals surface area contributed by atoms with Gasteiger partial charge in [0.15, 0.2) is 0 Å². The van der Waals surface area contributed by atoms with Gasteiger partial charge >= 0.3 is 0 Å². The molecular formula is C19H18BrN3O. The van der Waals surface area contributed by atoms with E-state index in [1.54, 1.807) is 0 Å². The van der Waals surface area contributed by atoms with Crippen LogP contribution >= 0.6 is 15.9 Å². The first-order valence-corrected chi connectivity index (χ1v) is 8.95. The van der Waals surface area contributed by atoms with Crippen molar-refractivity contribution in [2.45, 2.75) is 24.7 Å². The SMILES string of the molecule is O=C(NCCc1nc2ccccc2[nH]1)C1(c2ccc(Br)cc2)CC1. The molecule has 0 radical (unpaired) electrons. The van der Waals surface area contributed by atoms with E-state index in [1.807, 2.05) is 48.5 Å². The molecule has 5 heteroatoms. The van der Waals surface area contributed by atoms with Crippen molar-refractivity contribution in [3.63, 3.8) is 0 Å². The molecule has 1 aromatic heterocycles. The number of H-pyrrole nitrogens is 1. The van der Waals surface area contributed by atoms with Crippen LogP contribution in [0, 0.1) is 0 Å². The van der Waals surface area contributed by atoms with Crippen molar-refractivity contribution in [1.82, 2.24) is 15.3 Å². The molecule has 0 aliphatic heterocycles. The van der Waals surface area contributed by atoms with E-state index in [-0.39, 0.29) is 11.3 Å². The highest BCUT2D eigenvalue weighted by Crippen LogP contribution is 2.48. The van der Waals surface area contributed by atoms with Crippen LogP contribution in [-0.2, 0) is 16.6 Å². The molecular weight excluding hydrogens is 366 g/mol. The zero-order chi connectivity index (χ0) is 16.6. The van der Waals surface area contributed by atoms with E-state index in [0.717, 1.165) is 39.7 Å². The van der Waals surface area contributed by atoms with Gasteiger partial charge in [-0.2, -0.15) is 0 Å². The lowest BCUT2D eigenvalue weighted by atomic mass is 9.95. The molecule has 122 valence electrons. The quantitative estimate of drug-likeness (QED) is 0.705. The summed E-state index contributed by atoms with van der Waals surface area (Å²) in [5.41, 5.74) is 2.78. The molecule has 24 heavy (non-hydrogen) atoms. The van der Waals surface area contributed by atoms with E-state index in [0.29, 0.717) is 13.0 Å². The number of benzene rings is 2. The van der Waals surface area contributed by atoms with Crippen molar-refractivity contribution < 1.29 is 4.79 Å². The summed E-state index contributed by atoms with van der Waals surface area (Å²) in [4.78, 5) is 20.5. The molecule has 0 bridgehead atoms. The Balaban J connectivity index is 1.39. The Morgan fingerprint density at radius 3 is 2.62 bits per heavy atom. The van der Waals surface area contributed by atoms with Crippen molar-refractivity contribution in [2.75, 3.05) is 6.54 Å². The molecule has 0 atom stereocenters. The van der Waals surface area contributed by atoms with Gasteiger partial charge in [-0.15, -0.1) is 0 Å². The minimum atomic E-state index is -0.325. The Morgan fingerprint density at radius 1 is 1.17 bits per heavy atom. The van der Waals surface area contributed by atoms with Gasteiger partial charge in [0.25, 0.3) is 0 Å². The second-order valence-corrected chi connectivity index (χ2v) is 7.21. The molecule has 1 saturated carbocycles. The highest BCUT2D eigenvalue weighted by Gasteiger charge is 2.50. The van der Waals surface area contributed by atoms with Gasteiger partial charge in [-0.25, -0.2) is 4.98 Å². The number of halogens is 1. The normalized spacial score (nSPS) is 15.4. The van der Waals surface area contributed by atoms with Gasteiger partial charge in [0.1, 0.15) is 5.82 Å². The second-order valence-electron chi connectivity index (χ2n) is 6.30. The molecule has 1 aliphatic carbocycles. The van der Waals surface area contributed by atoms with Gasteiger partial charge < -0.3 is 10.3 Å². The van der Waals surface area contributed by atoms with Crippen LogP contribution in [0.1, 0.15) is 24.2 Å². The van der Waals surface area contributed by atoms with Crippen LogP contribution in [0.5, 0.6) is 0 Å². The van der Waals surface area contributed by atoms with Crippen LogP contribution in [0.25, 0.3) is 11.0 Å². The van der Waals surface area contributed by atoms with Crippen LogP contribution in [0.2, 0.25) is 0 Å². The molecule has 4 nitrogen and oxygen atoms in total. The van der Waals surface area contributed by atoms with Crippen molar-refractivity contribution >= 4 is 32.9 Å². The van der Waals surface area contributed by atoms with Crippen LogP contribution in [0.3, 0.4) is 0 Å². The van der Waals surface area contributed by atoms with Gasteiger partial charge in [0.2, 0.25) is 5.91 Å². The third-order valence-corrected chi connectivity index (χ3v) is 5.20. The Kier molecular flexibility index (Phi) is 3.88. The Bertz CT molecular complexity index is 848. The fourth-order valence-corrected chi connectivity index (χ4v) is 3.39. The lowest BCUT2D eigenvalue weighted by molar-refractivity contribution is -0.123. The zero-order valence-corrected chi connectivity index (χ0v) is 14.8. The molecule has 0 unspecified atom stereocenters. The smallest absolute Gasteiger partial charge is 0.230 e. The Hall–Kier alpha value is -2.14. The first-order chi connectivity index (χ1) is 11.7. The third kappa shape index (κ3) is 2.84. The van der Waals surface area contributed by atoms with E-state index in [4.69, 9.17) is 0 Å². The molecule has 2 N–H and O–H groups in total. The minimum absolute atomic E-state index is 0.126. The summed E-state index contributed by atoms with van der Waals surface area (Å²) in [6.45, 7) is 0.594. The summed E-state index contributed by atoms with van der Waals surface area (Å²) in [5.74, 6) is 1.03. The number of hydrogen-bond acceptors (Lipinski definition) is 2. The fraction of sp³-hybridized carbons (Fsp3) is 0.263. The van der Waals surface area contributed by atoms with E-state index in [1.165, 1.54) is 0 Å². The Labute approximate surface area is 148 Å². The number of fused-ring (bicyclic) bond motifs is 1. The van der Waals surface area contributed by atoms with Crippen LogP contribution in [0.4, 0.5) is 0 Å². The number of aromatic amines is 1. The van der Waals surface area contributed by atoms with Crippen LogP contribution in [-0.4, -0.2) is 22.4 Å². The number of nitrogens with zero attached hydrogens (tertiary/aromatic N) is 1. The van der Waals surface area contributed by atoms with E-state index in [9.17, 15) is 4.79 Å². The minimum Gasteiger partial charge on any atom is -0.355 e. The number of rotatable bonds is 5. The predicted octanol–water partition coefficient (Wildman–Crippen LogP) is 3.72. The van der Waals surface area contributed by atoms with Gasteiger partial charge in [-0.05, 0) is 42.7 Å². The second kappa shape index (κ2) is 6.06. The standard InChI is InChI=1S/C19H18BrN3O/c20-14-7-5-13(6-8-14)19(10-11-19)18(24)21-12-9-17-22-15-3-1-2-4-16(15)23-17/h1-8H,9-12H2,(H,21,24)(H,22,23). The number of nitrogens with one attached hydrogen (secondary N) is 2. The van der Waals surface area contributed by atoms with Crippen molar-refractivity contribution in [1.29, 1.82) is 0 Å². The maximum atomic E-state index is 12.6. The van der Waals surface area contributed by atoms with Gasteiger partial charge in [-0.1, -0.05) is 40.2 Å². The highest BCUT2D eigenvalue weighted by molar-refractivity contribution is 9.10. The maximum absolute atomic E-state index is 12.6. The largest absolute Gasteiger partial charge is 0.355 e. The summed E-state index contributed by atoms with van der Waals surface area (Å²) in [6, 6.07) is 16.0. The summed E-state index contributed by atoms with van der Waals surface area (Å²) in [7, 11) is 0. The van der Waals surface area contributed by atoms with Gasteiger partial charge in [0.05, 0.1) is 16.4 Å². The average Bonchev–Trinajstić information content (AvgIpc) is 3.29. The molecule has 0 spiro atoms. The monoisotopic (exact) mass is 383 g/mol. The van der Waals surface area contributed by atoms with E-state index >= 15 is 0 Å². The third-order valence-electron chi connectivity index (χ3n) is 4.67. The average molecular weight is 384 g/mol. The maximum Gasteiger partial charge on any atom is 0.230 e. The highest BCUT2D eigenvalue weighted by atomic mass is 79.9. The van der Waals surface area contributed by atoms with E-state index < -0.39 is 0 Å². The van der Waals surface area contributed by atoms with Crippen molar-refractivity contribution in [3.05, 3.63) is 64.4 Å². The summed E-state index contributed by atoms with van der Waals surface area (Å²) >= 11 is 3.44. The lowest BCUT2D eigenvalue weighted by Gasteiger charge is -2.15. The zero-order valence-electron chi connectivity index (χ0n) is 13.2. The number of amides is 1. The molecule has 2 aromatic carbocycles. The van der Waals surface area contributed by atoms with Gasteiger partial charge in [0, 0.05) is 17.4 Å². The van der Waals surface area contributed by atoms with Crippen molar-refractivity contribution in [2.24, 2.45) is 0 Å². The molecule has 0 saturated heterocycles. The fourth-order valence-electron chi connectivity index (χ4n) is 3.13. The van der Waals surface area contributed by atoms with Crippen LogP contribution in [0.15, 0.2) is 53.0 Å². The summed E-state index contributed by atoms with van der Waals surface area (Å²) < 4.78 is 1.03. The summed E-state index contributed by atoms with van der Waals surface area (Å²) in [5, 5.41) is 3.08. The molecule has 1 aliphatic rings. The molecule has 1 heterocycles. The number of imidazole rings is 1. The van der Waals surface area contributed by atoms with Gasteiger partial charge in [-0.3, -0.25) is 4.79 Å². The number of hydrogen-bond donors (Lipinski definition) is 2. The topological polar surface area (TPSA) is 57.8 Å². The molecule has 1 amide bonds.